The smallest absolute Gasteiger partial charge is 0.341 e. The Kier molecular flexibility index (Phi) is 4.31. The lowest BCUT2D eigenvalue weighted by Gasteiger charge is -2.19. The summed E-state index contributed by atoms with van der Waals surface area (Å²) in [6, 6.07) is 6.13. The van der Waals surface area contributed by atoms with Crippen LogP contribution in [0, 0.1) is 0 Å². The molecule has 18 heavy (non-hydrogen) atoms. The second-order valence-electron chi connectivity index (χ2n) is 4.71. The van der Waals surface area contributed by atoms with Crippen molar-refractivity contribution in [2.24, 2.45) is 0 Å². The van der Waals surface area contributed by atoms with E-state index in [4.69, 9.17) is 14.6 Å². The van der Waals surface area contributed by atoms with Crippen LogP contribution >= 0.6 is 0 Å². The van der Waals surface area contributed by atoms with Crippen molar-refractivity contribution in [3.05, 3.63) is 29.8 Å². The minimum Gasteiger partial charge on any atom is -0.482 e. The molecule has 5 nitrogen and oxygen atoms in total. The van der Waals surface area contributed by atoms with Gasteiger partial charge < -0.3 is 14.6 Å². The van der Waals surface area contributed by atoms with Crippen LogP contribution in [-0.2, 0) is 9.53 Å². The van der Waals surface area contributed by atoms with Crippen LogP contribution in [0.15, 0.2) is 24.3 Å². The monoisotopic (exact) mass is 252 g/mol. The zero-order chi connectivity index (χ0) is 13.8. The van der Waals surface area contributed by atoms with Crippen LogP contribution in [0.5, 0.6) is 5.75 Å². The molecule has 0 aromatic heterocycles. The van der Waals surface area contributed by atoms with E-state index in [1.165, 1.54) is 24.3 Å². The zero-order valence-corrected chi connectivity index (χ0v) is 10.6. The molecule has 0 saturated heterocycles. The molecule has 0 aliphatic carbocycles. The van der Waals surface area contributed by atoms with Gasteiger partial charge in [-0.2, -0.15) is 0 Å². The summed E-state index contributed by atoms with van der Waals surface area (Å²) in [5.41, 5.74) is -0.150. The Labute approximate surface area is 105 Å². The average molecular weight is 252 g/mol. The predicted octanol–water partition coefficient (Wildman–Crippen LogP) is 2.11. The van der Waals surface area contributed by atoms with E-state index in [1.54, 1.807) is 20.8 Å². The van der Waals surface area contributed by atoms with Gasteiger partial charge in [-0.1, -0.05) is 0 Å². The number of carbonyl (C=O) groups excluding carboxylic acids is 1. The highest BCUT2D eigenvalue weighted by atomic mass is 16.6. The fraction of sp³-hybridized carbons (Fsp3) is 0.385. The molecule has 0 saturated carbocycles. The first-order valence-electron chi connectivity index (χ1n) is 5.46. The van der Waals surface area contributed by atoms with E-state index in [0.29, 0.717) is 11.3 Å². The highest BCUT2D eigenvalue weighted by molar-refractivity contribution is 5.89. The first-order chi connectivity index (χ1) is 8.28. The SMILES string of the molecule is CC(C)(C)OC(=O)c1ccc(OCC(=O)O)cc1. The van der Waals surface area contributed by atoms with Gasteiger partial charge >= 0.3 is 11.9 Å². The maximum absolute atomic E-state index is 11.7. The van der Waals surface area contributed by atoms with Crippen molar-refractivity contribution in [1.29, 1.82) is 0 Å². The maximum atomic E-state index is 11.7. The number of hydrogen-bond donors (Lipinski definition) is 1. The van der Waals surface area contributed by atoms with Crippen molar-refractivity contribution in [2.45, 2.75) is 26.4 Å². The first kappa shape index (κ1) is 14.0. The minimum atomic E-state index is -1.05. The third kappa shape index (κ3) is 4.86. The lowest BCUT2D eigenvalue weighted by atomic mass is 10.1. The van der Waals surface area contributed by atoms with Crippen molar-refractivity contribution in [3.8, 4) is 5.75 Å². The summed E-state index contributed by atoms with van der Waals surface area (Å²) in [4.78, 5) is 22.0. The van der Waals surface area contributed by atoms with Crippen LogP contribution in [0.4, 0.5) is 0 Å². The van der Waals surface area contributed by atoms with Crippen LogP contribution < -0.4 is 4.74 Å². The molecule has 0 radical (unpaired) electrons. The Morgan fingerprint density at radius 2 is 1.72 bits per heavy atom. The van der Waals surface area contributed by atoms with Crippen LogP contribution in [0.1, 0.15) is 31.1 Å². The molecule has 1 aromatic rings. The topological polar surface area (TPSA) is 72.8 Å². The van der Waals surface area contributed by atoms with E-state index < -0.39 is 24.1 Å². The van der Waals surface area contributed by atoms with E-state index >= 15 is 0 Å². The van der Waals surface area contributed by atoms with E-state index in [1.807, 2.05) is 0 Å². The van der Waals surface area contributed by atoms with Crippen molar-refractivity contribution in [3.63, 3.8) is 0 Å². The van der Waals surface area contributed by atoms with Crippen molar-refractivity contribution in [2.75, 3.05) is 6.61 Å². The summed E-state index contributed by atoms with van der Waals surface area (Å²) in [5, 5.41) is 8.45. The molecule has 0 unspecified atom stereocenters. The van der Waals surface area contributed by atoms with Gasteiger partial charge in [0.25, 0.3) is 0 Å². The number of benzene rings is 1. The van der Waals surface area contributed by atoms with Crippen molar-refractivity contribution in [1.82, 2.24) is 0 Å². The van der Waals surface area contributed by atoms with Gasteiger partial charge in [0.1, 0.15) is 11.4 Å². The molecule has 0 aliphatic heterocycles. The van der Waals surface area contributed by atoms with Crippen LogP contribution in [0.2, 0.25) is 0 Å². The number of aliphatic carboxylic acids is 1. The molecule has 5 heteroatoms. The Hall–Kier alpha value is -2.04. The highest BCUT2D eigenvalue weighted by Crippen LogP contribution is 2.16. The molecule has 1 rings (SSSR count). The quantitative estimate of drug-likeness (QED) is 0.831. The lowest BCUT2D eigenvalue weighted by molar-refractivity contribution is -0.139. The average Bonchev–Trinajstić information content (AvgIpc) is 2.24. The highest BCUT2D eigenvalue weighted by Gasteiger charge is 2.17. The Bertz CT molecular complexity index is 428. The molecule has 0 amide bonds. The van der Waals surface area contributed by atoms with Crippen LogP contribution in [0.3, 0.4) is 0 Å². The van der Waals surface area contributed by atoms with Gasteiger partial charge in [0, 0.05) is 0 Å². The number of carbonyl (C=O) groups is 2. The van der Waals surface area contributed by atoms with Crippen molar-refractivity contribution < 1.29 is 24.2 Å². The zero-order valence-electron chi connectivity index (χ0n) is 10.6. The normalized spacial score (nSPS) is 10.8. The fourth-order valence-electron chi connectivity index (χ4n) is 1.17. The van der Waals surface area contributed by atoms with Crippen molar-refractivity contribution >= 4 is 11.9 Å². The summed E-state index contributed by atoms with van der Waals surface area (Å²) in [7, 11) is 0. The number of hydrogen-bond acceptors (Lipinski definition) is 4. The maximum Gasteiger partial charge on any atom is 0.341 e. The Morgan fingerprint density at radius 3 is 2.17 bits per heavy atom. The summed E-state index contributed by atoms with van der Waals surface area (Å²) >= 11 is 0. The van der Waals surface area contributed by atoms with E-state index in [2.05, 4.69) is 0 Å². The Balaban J connectivity index is 2.65. The number of carboxylic acids is 1. The molecule has 0 heterocycles. The van der Waals surface area contributed by atoms with E-state index in [-0.39, 0.29) is 0 Å². The molecule has 0 atom stereocenters. The van der Waals surface area contributed by atoms with E-state index in [9.17, 15) is 9.59 Å². The standard InChI is InChI=1S/C13H16O5/c1-13(2,3)18-12(16)9-4-6-10(7-5-9)17-8-11(14)15/h4-7H,8H2,1-3H3,(H,14,15). The molecule has 0 spiro atoms. The van der Waals surface area contributed by atoms with Crippen LogP contribution in [0.25, 0.3) is 0 Å². The van der Waals surface area contributed by atoms with Gasteiger partial charge in [0.2, 0.25) is 0 Å². The fourth-order valence-corrected chi connectivity index (χ4v) is 1.17. The van der Waals surface area contributed by atoms with Crippen LogP contribution in [-0.4, -0.2) is 29.3 Å². The second kappa shape index (κ2) is 5.53. The number of ether oxygens (including phenoxy) is 2. The third-order valence-electron chi connectivity index (χ3n) is 1.85. The second-order valence-corrected chi connectivity index (χ2v) is 4.71. The van der Waals surface area contributed by atoms with Gasteiger partial charge in [-0.15, -0.1) is 0 Å². The molecular weight excluding hydrogens is 236 g/mol. The largest absolute Gasteiger partial charge is 0.482 e. The van der Waals surface area contributed by atoms with Gasteiger partial charge in [0.15, 0.2) is 6.61 Å². The molecular formula is C13H16O5. The number of esters is 1. The summed E-state index contributed by atoms with van der Waals surface area (Å²) in [6.07, 6.45) is 0. The summed E-state index contributed by atoms with van der Waals surface area (Å²) < 4.78 is 10.1. The Morgan fingerprint density at radius 1 is 1.17 bits per heavy atom. The molecule has 0 fully saturated rings. The van der Waals surface area contributed by atoms with Gasteiger partial charge in [-0.25, -0.2) is 9.59 Å². The van der Waals surface area contributed by atoms with Gasteiger partial charge in [-0.3, -0.25) is 0 Å². The number of rotatable bonds is 4. The summed E-state index contributed by atoms with van der Waals surface area (Å²) in [5.74, 6) is -1.08. The van der Waals surface area contributed by atoms with E-state index in [0.717, 1.165) is 0 Å². The lowest BCUT2D eigenvalue weighted by Crippen LogP contribution is -2.23. The minimum absolute atomic E-state index is 0.393. The predicted molar refractivity (Wildman–Crippen MR) is 64.7 cm³/mol. The molecule has 1 N–H and O–H groups in total. The molecule has 98 valence electrons. The first-order valence-corrected chi connectivity index (χ1v) is 5.46. The summed E-state index contributed by atoms with van der Waals surface area (Å²) in [6.45, 7) is 4.95. The number of carboxylic acid groups (broad SMARTS) is 1. The molecule has 0 aliphatic rings. The third-order valence-corrected chi connectivity index (χ3v) is 1.85. The van der Waals surface area contributed by atoms with Gasteiger partial charge in [0.05, 0.1) is 5.56 Å². The van der Waals surface area contributed by atoms with Gasteiger partial charge in [-0.05, 0) is 45.0 Å². The molecule has 0 bridgehead atoms. The molecule has 1 aromatic carbocycles.